The third-order valence-electron chi connectivity index (χ3n) is 3.62. The van der Waals surface area contributed by atoms with E-state index in [-0.39, 0.29) is 12.1 Å². The molecule has 0 radical (unpaired) electrons. The zero-order valence-electron chi connectivity index (χ0n) is 12.4. The standard InChI is InChI=1S/C15H10F2N6O/c1-8-13(22-24-21-8)15-19-14-11(5-4-10(16)12(14)17)23(15)7-9-3-2-6-18-20-9/h2-6H,7H2,1H3. The molecule has 9 heteroatoms. The predicted molar refractivity (Wildman–Crippen MR) is 78.8 cm³/mol. The predicted octanol–water partition coefficient (Wildman–Crippen LogP) is 2.51. The zero-order chi connectivity index (χ0) is 16.7. The molecule has 0 saturated heterocycles. The Balaban J connectivity index is 1.98. The highest BCUT2D eigenvalue weighted by Gasteiger charge is 2.22. The van der Waals surface area contributed by atoms with Crippen LogP contribution in [-0.4, -0.2) is 30.1 Å². The van der Waals surface area contributed by atoms with E-state index in [0.717, 1.165) is 6.07 Å². The van der Waals surface area contributed by atoms with E-state index in [4.69, 9.17) is 4.63 Å². The molecule has 0 saturated carbocycles. The maximum absolute atomic E-state index is 14.1. The number of benzene rings is 1. The lowest BCUT2D eigenvalue weighted by Gasteiger charge is -2.07. The minimum Gasteiger partial charge on any atom is -0.316 e. The fourth-order valence-corrected chi connectivity index (χ4v) is 2.49. The topological polar surface area (TPSA) is 82.5 Å². The molecule has 1 aromatic carbocycles. The Morgan fingerprint density at radius 2 is 2.04 bits per heavy atom. The van der Waals surface area contributed by atoms with E-state index in [1.54, 1.807) is 29.8 Å². The molecule has 4 rings (SSSR count). The molecule has 3 aromatic heterocycles. The van der Waals surface area contributed by atoms with Crippen molar-refractivity contribution < 1.29 is 13.4 Å². The van der Waals surface area contributed by atoms with Crippen molar-refractivity contribution in [2.75, 3.05) is 0 Å². The highest BCUT2D eigenvalue weighted by Crippen LogP contribution is 2.28. The lowest BCUT2D eigenvalue weighted by molar-refractivity contribution is 0.305. The number of rotatable bonds is 3. The van der Waals surface area contributed by atoms with Crippen LogP contribution in [-0.2, 0) is 6.54 Å². The van der Waals surface area contributed by atoms with Crippen molar-refractivity contribution in [3.8, 4) is 11.5 Å². The molecule has 0 N–H and O–H groups in total. The Morgan fingerprint density at radius 3 is 2.75 bits per heavy atom. The number of imidazole rings is 1. The van der Waals surface area contributed by atoms with Crippen LogP contribution in [0, 0.1) is 18.6 Å². The number of aromatic nitrogens is 6. The maximum Gasteiger partial charge on any atom is 0.186 e. The van der Waals surface area contributed by atoms with E-state index in [9.17, 15) is 8.78 Å². The van der Waals surface area contributed by atoms with Crippen molar-refractivity contribution in [1.82, 2.24) is 30.1 Å². The Kier molecular flexibility index (Phi) is 3.26. The molecule has 0 spiro atoms. The summed E-state index contributed by atoms with van der Waals surface area (Å²) in [5.74, 6) is -1.66. The second-order valence-corrected chi connectivity index (χ2v) is 5.16. The minimum atomic E-state index is -1.01. The Bertz CT molecular complexity index is 1030. The van der Waals surface area contributed by atoms with Gasteiger partial charge in [0, 0.05) is 6.20 Å². The molecule has 7 nitrogen and oxygen atoms in total. The minimum absolute atomic E-state index is 0.0868. The zero-order valence-corrected chi connectivity index (χ0v) is 12.4. The monoisotopic (exact) mass is 328 g/mol. The van der Waals surface area contributed by atoms with Gasteiger partial charge >= 0.3 is 0 Å². The van der Waals surface area contributed by atoms with Crippen molar-refractivity contribution in [2.45, 2.75) is 13.5 Å². The third-order valence-corrected chi connectivity index (χ3v) is 3.62. The summed E-state index contributed by atoms with van der Waals surface area (Å²) in [5, 5.41) is 15.4. The van der Waals surface area contributed by atoms with Crippen LogP contribution in [0.25, 0.3) is 22.6 Å². The van der Waals surface area contributed by atoms with Gasteiger partial charge in [0.25, 0.3) is 0 Å². The molecule has 0 bridgehead atoms. The van der Waals surface area contributed by atoms with Gasteiger partial charge in [-0.15, -0.1) is 0 Å². The van der Waals surface area contributed by atoms with E-state index >= 15 is 0 Å². The normalized spacial score (nSPS) is 11.3. The van der Waals surface area contributed by atoms with Crippen molar-refractivity contribution in [3.63, 3.8) is 0 Å². The van der Waals surface area contributed by atoms with Gasteiger partial charge in [0.05, 0.1) is 17.8 Å². The van der Waals surface area contributed by atoms with E-state index < -0.39 is 11.6 Å². The molecular weight excluding hydrogens is 318 g/mol. The second kappa shape index (κ2) is 5.44. The molecule has 24 heavy (non-hydrogen) atoms. The Hall–Kier alpha value is -3.23. The Labute approximate surface area is 133 Å². The summed E-state index contributed by atoms with van der Waals surface area (Å²) in [6, 6.07) is 6.04. The maximum atomic E-state index is 14.1. The fraction of sp³-hybridized carbons (Fsp3) is 0.133. The van der Waals surface area contributed by atoms with Gasteiger partial charge in [0.1, 0.15) is 11.2 Å². The molecule has 0 amide bonds. The first-order chi connectivity index (χ1) is 11.6. The van der Waals surface area contributed by atoms with Gasteiger partial charge in [-0.2, -0.15) is 10.2 Å². The van der Waals surface area contributed by atoms with Gasteiger partial charge in [0.2, 0.25) is 0 Å². The number of fused-ring (bicyclic) bond motifs is 1. The number of aryl methyl sites for hydroxylation is 1. The van der Waals surface area contributed by atoms with Crippen LogP contribution in [0.3, 0.4) is 0 Å². The second-order valence-electron chi connectivity index (χ2n) is 5.16. The SMILES string of the molecule is Cc1nonc1-c1nc2c(F)c(F)ccc2n1Cc1cccnn1. The van der Waals surface area contributed by atoms with Gasteiger partial charge in [-0.25, -0.2) is 18.4 Å². The van der Waals surface area contributed by atoms with Crippen LogP contribution in [0.5, 0.6) is 0 Å². The fourth-order valence-electron chi connectivity index (χ4n) is 2.49. The summed E-state index contributed by atoms with van der Waals surface area (Å²) < 4.78 is 34.1. The van der Waals surface area contributed by atoms with E-state index in [2.05, 4.69) is 25.5 Å². The highest BCUT2D eigenvalue weighted by molar-refractivity contribution is 5.81. The average molecular weight is 328 g/mol. The van der Waals surface area contributed by atoms with Crippen molar-refractivity contribution in [1.29, 1.82) is 0 Å². The van der Waals surface area contributed by atoms with Gasteiger partial charge in [-0.1, -0.05) is 5.16 Å². The molecule has 4 aromatic rings. The summed E-state index contributed by atoms with van der Waals surface area (Å²) in [6.07, 6.45) is 1.55. The molecule has 0 unspecified atom stereocenters. The average Bonchev–Trinajstić information content (AvgIpc) is 3.16. The Morgan fingerprint density at radius 1 is 1.17 bits per heavy atom. The lowest BCUT2D eigenvalue weighted by Crippen LogP contribution is -2.05. The van der Waals surface area contributed by atoms with E-state index in [1.165, 1.54) is 6.07 Å². The van der Waals surface area contributed by atoms with E-state index in [1.807, 2.05) is 0 Å². The summed E-state index contributed by atoms with van der Waals surface area (Å²) in [5.41, 5.74) is 1.81. The van der Waals surface area contributed by atoms with Gasteiger partial charge < -0.3 is 4.57 Å². The van der Waals surface area contributed by atoms with Crippen molar-refractivity contribution >= 4 is 11.0 Å². The first kappa shape index (κ1) is 14.4. The summed E-state index contributed by atoms with van der Waals surface area (Å²) in [7, 11) is 0. The molecule has 0 fully saturated rings. The van der Waals surface area contributed by atoms with Crippen LogP contribution < -0.4 is 0 Å². The first-order valence-corrected chi connectivity index (χ1v) is 7.05. The van der Waals surface area contributed by atoms with Gasteiger partial charge in [0.15, 0.2) is 23.2 Å². The smallest absolute Gasteiger partial charge is 0.186 e. The van der Waals surface area contributed by atoms with Gasteiger partial charge in [-0.3, -0.25) is 0 Å². The van der Waals surface area contributed by atoms with Crippen LogP contribution in [0.4, 0.5) is 8.78 Å². The van der Waals surface area contributed by atoms with Crippen LogP contribution >= 0.6 is 0 Å². The highest BCUT2D eigenvalue weighted by atomic mass is 19.2. The van der Waals surface area contributed by atoms with Crippen molar-refractivity contribution in [2.24, 2.45) is 0 Å². The summed E-state index contributed by atoms with van der Waals surface area (Å²) in [6.45, 7) is 1.95. The quantitative estimate of drug-likeness (QED) is 0.575. The van der Waals surface area contributed by atoms with Gasteiger partial charge in [-0.05, 0) is 36.3 Å². The molecule has 120 valence electrons. The molecule has 3 heterocycles. The van der Waals surface area contributed by atoms with Crippen LogP contribution in [0.2, 0.25) is 0 Å². The number of halogens is 2. The largest absolute Gasteiger partial charge is 0.316 e. The van der Waals surface area contributed by atoms with Crippen LogP contribution in [0.15, 0.2) is 35.1 Å². The number of hydrogen-bond donors (Lipinski definition) is 0. The number of hydrogen-bond acceptors (Lipinski definition) is 6. The summed E-state index contributed by atoms with van der Waals surface area (Å²) >= 11 is 0. The first-order valence-electron chi connectivity index (χ1n) is 7.05. The van der Waals surface area contributed by atoms with Crippen molar-refractivity contribution in [3.05, 3.63) is 53.5 Å². The van der Waals surface area contributed by atoms with E-state index in [0.29, 0.717) is 28.4 Å². The molecular formula is C15H10F2N6O. The molecule has 0 aliphatic heterocycles. The molecule has 0 aliphatic rings. The lowest BCUT2D eigenvalue weighted by atomic mass is 10.2. The molecule has 0 atom stereocenters. The third kappa shape index (κ3) is 2.21. The molecule has 0 aliphatic carbocycles. The summed E-state index contributed by atoms with van der Waals surface area (Å²) in [4.78, 5) is 4.21. The van der Waals surface area contributed by atoms with Crippen LogP contribution in [0.1, 0.15) is 11.4 Å². The number of nitrogens with zero attached hydrogens (tertiary/aromatic N) is 6.